The number of aromatic nitrogens is 3. The first-order chi connectivity index (χ1) is 13.5. The zero-order chi connectivity index (χ0) is 19.9. The van der Waals surface area contributed by atoms with E-state index in [4.69, 9.17) is 21.1 Å². The molecule has 146 valence electrons. The van der Waals surface area contributed by atoms with Crippen molar-refractivity contribution in [3.8, 4) is 11.5 Å². The van der Waals surface area contributed by atoms with Gasteiger partial charge in [0.1, 0.15) is 18.1 Å². The lowest BCUT2D eigenvalue weighted by molar-refractivity contribution is 0.101. The van der Waals surface area contributed by atoms with Gasteiger partial charge in [-0.2, -0.15) is 0 Å². The lowest BCUT2D eigenvalue weighted by atomic mass is 10.1. The molecule has 3 aromatic rings. The number of carbonyl (C=O) groups is 1. The van der Waals surface area contributed by atoms with Crippen molar-refractivity contribution < 1.29 is 14.3 Å². The fourth-order valence-electron chi connectivity index (χ4n) is 2.44. The molecule has 0 atom stereocenters. The van der Waals surface area contributed by atoms with Gasteiger partial charge in [-0.25, -0.2) is 0 Å². The number of hydrogen-bond donors (Lipinski definition) is 0. The van der Waals surface area contributed by atoms with Gasteiger partial charge < -0.3 is 14.0 Å². The molecular weight excluding hydrogens is 398 g/mol. The van der Waals surface area contributed by atoms with Crippen LogP contribution in [0.25, 0.3) is 0 Å². The first-order valence-electron chi connectivity index (χ1n) is 8.67. The third-order valence-electron chi connectivity index (χ3n) is 3.95. The quantitative estimate of drug-likeness (QED) is 0.291. The van der Waals surface area contributed by atoms with Gasteiger partial charge in [0, 0.05) is 17.8 Å². The topological polar surface area (TPSA) is 66.2 Å². The summed E-state index contributed by atoms with van der Waals surface area (Å²) < 4.78 is 13.4. The highest BCUT2D eigenvalue weighted by molar-refractivity contribution is 7.99. The van der Waals surface area contributed by atoms with E-state index >= 15 is 0 Å². The molecule has 0 amide bonds. The number of ketones is 1. The number of halogens is 1. The molecule has 0 bridgehead atoms. The molecule has 0 aliphatic heterocycles. The monoisotopic (exact) mass is 417 g/mol. The van der Waals surface area contributed by atoms with Gasteiger partial charge in [-0.3, -0.25) is 4.79 Å². The molecule has 8 heteroatoms. The molecule has 0 radical (unpaired) electrons. The van der Waals surface area contributed by atoms with Crippen molar-refractivity contribution in [1.29, 1.82) is 0 Å². The van der Waals surface area contributed by atoms with Crippen molar-refractivity contribution in [3.05, 3.63) is 64.9 Å². The lowest BCUT2D eigenvalue weighted by Gasteiger charge is -2.09. The molecule has 0 spiro atoms. The number of hydrogen-bond acceptors (Lipinski definition) is 6. The summed E-state index contributed by atoms with van der Waals surface area (Å²) >= 11 is 7.40. The SMILES string of the molecule is CC(=O)c1ccccc1OCCSc1nnc(COc2ccc(Cl)cc2)n1C. The summed E-state index contributed by atoms with van der Waals surface area (Å²) in [6, 6.07) is 14.4. The van der Waals surface area contributed by atoms with E-state index < -0.39 is 0 Å². The summed E-state index contributed by atoms with van der Waals surface area (Å²) in [5.74, 6) is 2.71. The van der Waals surface area contributed by atoms with Crippen LogP contribution in [-0.4, -0.2) is 32.9 Å². The van der Waals surface area contributed by atoms with Crippen LogP contribution in [-0.2, 0) is 13.7 Å². The van der Waals surface area contributed by atoms with Gasteiger partial charge in [0.2, 0.25) is 0 Å². The minimum atomic E-state index is -0.0121. The number of carbonyl (C=O) groups excluding carboxylic acids is 1. The predicted octanol–water partition coefficient (Wildman–Crippen LogP) is 4.42. The van der Waals surface area contributed by atoms with Crippen molar-refractivity contribution >= 4 is 29.1 Å². The van der Waals surface area contributed by atoms with Gasteiger partial charge in [-0.15, -0.1) is 10.2 Å². The maximum absolute atomic E-state index is 11.6. The fourth-order valence-corrected chi connectivity index (χ4v) is 3.32. The number of benzene rings is 2. The van der Waals surface area contributed by atoms with E-state index in [0.29, 0.717) is 35.3 Å². The van der Waals surface area contributed by atoms with E-state index in [1.807, 2.05) is 35.9 Å². The van der Waals surface area contributed by atoms with Crippen molar-refractivity contribution in [2.45, 2.75) is 18.7 Å². The Kier molecular flexibility index (Phi) is 6.95. The van der Waals surface area contributed by atoms with Gasteiger partial charge in [-0.05, 0) is 43.3 Å². The van der Waals surface area contributed by atoms with E-state index in [-0.39, 0.29) is 5.78 Å². The second-order valence-corrected chi connectivity index (χ2v) is 7.45. The Hall–Kier alpha value is -2.51. The Bertz CT molecular complexity index is 944. The third-order valence-corrected chi connectivity index (χ3v) is 5.18. The molecular formula is C20H20ClN3O3S. The Morgan fingerprint density at radius 1 is 1.11 bits per heavy atom. The molecule has 0 N–H and O–H groups in total. The first-order valence-corrected chi connectivity index (χ1v) is 10.0. The van der Waals surface area contributed by atoms with Crippen LogP contribution in [0.4, 0.5) is 0 Å². The molecule has 28 heavy (non-hydrogen) atoms. The highest BCUT2D eigenvalue weighted by atomic mass is 35.5. The summed E-state index contributed by atoms with van der Waals surface area (Å²) in [6.07, 6.45) is 0. The van der Waals surface area contributed by atoms with Gasteiger partial charge in [0.25, 0.3) is 0 Å². The zero-order valence-corrected chi connectivity index (χ0v) is 17.2. The summed E-state index contributed by atoms with van der Waals surface area (Å²) in [6.45, 7) is 2.30. The van der Waals surface area contributed by atoms with Gasteiger partial charge in [-0.1, -0.05) is 35.5 Å². The number of para-hydroxylation sites is 1. The zero-order valence-electron chi connectivity index (χ0n) is 15.6. The molecule has 0 saturated heterocycles. The molecule has 6 nitrogen and oxygen atoms in total. The standard InChI is InChI=1S/C20H20ClN3O3S/c1-14(25)17-5-3-4-6-18(17)26-11-12-28-20-23-22-19(24(20)2)13-27-16-9-7-15(21)8-10-16/h3-10H,11-13H2,1-2H3. The largest absolute Gasteiger partial charge is 0.492 e. The van der Waals surface area contributed by atoms with E-state index in [9.17, 15) is 4.79 Å². The number of rotatable bonds is 9. The van der Waals surface area contributed by atoms with E-state index in [2.05, 4.69) is 10.2 Å². The highest BCUT2D eigenvalue weighted by Gasteiger charge is 2.11. The Labute approximate surface area is 172 Å². The number of ether oxygens (including phenoxy) is 2. The molecule has 1 aromatic heterocycles. The van der Waals surface area contributed by atoms with Crippen LogP contribution < -0.4 is 9.47 Å². The average Bonchev–Trinajstić information content (AvgIpc) is 3.04. The van der Waals surface area contributed by atoms with E-state index in [1.54, 1.807) is 24.3 Å². The predicted molar refractivity (Wildman–Crippen MR) is 109 cm³/mol. The van der Waals surface area contributed by atoms with Crippen LogP contribution in [0, 0.1) is 0 Å². The Balaban J connectivity index is 1.49. The smallest absolute Gasteiger partial charge is 0.191 e. The van der Waals surface area contributed by atoms with Crippen LogP contribution in [0.5, 0.6) is 11.5 Å². The first kappa shape index (κ1) is 20.2. The van der Waals surface area contributed by atoms with Gasteiger partial charge in [0.15, 0.2) is 16.8 Å². The van der Waals surface area contributed by atoms with E-state index in [1.165, 1.54) is 18.7 Å². The molecule has 3 rings (SSSR count). The second-order valence-electron chi connectivity index (χ2n) is 5.95. The number of Topliss-reactive ketones (excluding diaryl/α,β-unsaturated/α-hetero) is 1. The maximum Gasteiger partial charge on any atom is 0.191 e. The summed E-state index contributed by atoms with van der Waals surface area (Å²) in [7, 11) is 1.90. The molecule has 0 aliphatic carbocycles. The molecule has 2 aromatic carbocycles. The van der Waals surface area contributed by atoms with Crippen LogP contribution in [0.1, 0.15) is 23.1 Å². The fraction of sp³-hybridized carbons (Fsp3) is 0.250. The summed E-state index contributed by atoms with van der Waals surface area (Å²) in [5, 5.41) is 9.82. The second kappa shape index (κ2) is 9.61. The summed E-state index contributed by atoms with van der Waals surface area (Å²) in [4.78, 5) is 11.6. The Morgan fingerprint density at radius 3 is 2.61 bits per heavy atom. The minimum Gasteiger partial charge on any atom is -0.492 e. The van der Waals surface area contributed by atoms with Crippen molar-refractivity contribution in [1.82, 2.24) is 14.8 Å². The third kappa shape index (κ3) is 5.27. The molecule has 0 aliphatic rings. The highest BCUT2D eigenvalue weighted by Crippen LogP contribution is 2.21. The normalized spacial score (nSPS) is 10.7. The van der Waals surface area contributed by atoms with Crippen LogP contribution in [0.2, 0.25) is 5.02 Å². The van der Waals surface area contributed by atoms with Crippen LogP contribution in [0.3, 0.4) is 0 Å². The number of thioether (sulfide) groups is 1. The maximum atomic E-state index is 11.6. The van der Waals surface area contributed by atoms with E-state index in [0.717, 1.165) is 16.7 Å². The van der Waals surface area contributed by atoms with Gasteiger partial charge in [0.05, 0.1) is 12.2 Å². The molecule has 0 unspecified atom stereocenters. The van der Waals surface area contributed by atoms with Crippen LogP contribution >= 0.6 is 23.4 Å². The summed E-state index contributed by atoms with van der Waals surface area (Å²) in [5.41, 5.74) is 0.591. The lowest BCUT2D eigenvalue weighted by Crippen LogP contribution is -2.06. The number of nitrogens with zero attached hydrogens (tertiary/aromatic N) is 3. The van der Waals surface area contributed by atoms with Gasteiger partial charge >= 0.3 is 0 Å². The van der Waals surface area contributed by atoms with Crippen molar-refractivity contribution in [2.75, 3.05) is 12.4 Å². The minimum absolute atomic E-state index is 0.0121. The molecule has 0 fully saturated rings. The van der Waals surface area contributed by atoms with Crippen LogP contribution in [0.15, 0.2) is 53.7 Å². The average molecular weight is 418 g/mol. The Morgan fingerprint density at radius 2 is 1.86 bits per heavy atom. The molecule has 0 saturated carbocycles. The molecule has 1 heterocycles. The van der Waals surface area contributed by atoms with Crippen molar-refractivity contribution in [3.63, 3.8) is 0 Å². The van der Waals surface area contributed by atoms with Crippen molar-refractivity contribution in [2.24, 2.45) is 7.05 Å².